The van der Waals surface area contributed by atoms with Crippen molar-refractivity contribution in [2.45, 2.75) is 25.7 Å². The second kappa shape index (κ2) is 3.84. The van der Waals surface area contributed by atoms with Crippen LogP contribution in [0.4, 0.5) is 0 Å². The summed E-state index contributed by atoms with van der Waals surface area (Å²) < 4.78 is 0. The summed E-state index contributed by atoms with van der Waals surface area (Å²) in [5.74, 6) is 0. The minimum absolute atomic E-state index is 1.25. The first-order valence-corrected chi connectivity index (χ1v) is 6.86. The van der Waals surface area contributed by atoms with Crippen molar-refractivity contribution >= 4 is 21.5 Å². The third-order valence-electron chi connectivity index (χ3n) is 4.24. The summed E-state index contributed by atoms with van der Waals surface area (Å²) in [6, 6.07) is 17.9. The maximum absolute atomic E-state index is 2.34. The van der Waals surface area contributed by atoms with Gasteiger partial charge in [-0.1, -0.05) is 48.5 Å². The fourth-order valence-corrected chi connectivity index (χ4v) is 3.35. The first-order valence-electron chi connectivity index (χ1n) is 6.86. The summed E-state index contributed by atoms with van der Waals surface area (Å²) in [6.45, 7) is 0. The van der Waals surface area contributed by atoms with Gasteiger partial charge in [0, 0.05) is 0 Å². The Bertz CT molecular complexity index is 737. The molecule has 0 N–H and O–H groups in total. The van der Waals surface area contributed by atoms with E-state index in [1.165, 1.54) is 47.2 Å². The molecule has 1 aliphatic rings. The predicted octanol–water partition coefficient (Wildman–Crippen LogP) is 4.87. The van der Waals surface area contributed by atoms with E-state index in [0.717, 1.165) is 0 Å². The maximum atomic E-state index is 2.34. The average molecular weight is 232 g/mol. The predicted molar refractivity (Wildman–Crippen MR) is 78.1 cm³/mol. The third kappa shape index (κ3) is 1.38. The van der Waals surface area contributed by atoms with E-state index in [4.69, 9.17) is 0 Å². The van der Waals surface area contributed by atoms with Gasteiger partial charge in [0.15, 0.2) is 0 Å². The smallest absolute Gasteiger partial charge is 0.00706 e. The van der Waals surface area contributed by atoms with Gasteiger partial charge in [-0.05, 0) is 58.4 Å². The monoisotopic (exact) mass is 232 g/mol. The van der Waals surface area contributed by atoms with Crippen molar-refractivity contribution in [2.75, 3.05) is 0 Å². The van der Waals surface area contributed by atoms with Crippen LogP contribution in [0.5, 0.6) is 0 Å². The quantitative estimate of drug-likeness (QED) is 0.485. The van der Waals surface area contributed by atoms with Crippen molar-refractivity contribution in [1.29, 1.82) is 0 Å². The zero-order valence-electron chi connectivity index (χ0n) is 10.4. The van der Waals surface area contributed by atoms with E-state index in [-0.39, 0.29) is 0 Å². The van der Waals surface area contributed by atoms with Crippen molar-refractivity contribution in [1.82, 2.24) is 0 Å². The van der Waals surface area contributed by atoms with Gasteiger partial charge in [-0.15, -0.1) is 0 Å². The molecule has 0 fully saturated rings. The summed E-state index contributed by atoms with van der Waals surface area (Å²) in [5, 5.41) is 5.69. The van der Waals surface area contributed by atoms with Crippen molar-refractivity contribution in [3.05, 3.63) is 59.7 Å². The summed E-state index contributed by atoms with van der Waals surface area (Å²) in [7, 11) is 0. The lowest BCUT2D eigenvalue weighted by Crippen LogP contribution is -2.03. The van der Waals surface area contributed by atoms with Gasteiger partial charge < -0.3 is 0 Å². The van der Waals surface area contributed by atoms with Crippen LogP contribution in [0, 0.1) is 0 Å². The van der Waals surface area contributed by atoms with Gasteiger partial charge in [0.05, 0.1) is 0 Å². The van der Waals surface area contributed by atoms with Gasteiger partial charge in [-0.25, -0.2) is 0 Å². The zero-order chi connectivity index (χ0) is 11.9. The highest BCUT2D eigenvalue weighted by molar-refractivity contribution is 6.09. The van der Waals surface area contributed by atoms with Crippen molar-refractivity contribution in [3.8, 4) is 0 Å². The number of rotatable bonds is 0. The van der Waals surface area contributed by atoms with Crippen LogP contribution in [0.15, 0.2) is 48.5 Å². The van der Waals surface area contributed by atoms with Crippen molar-refractivity contribution in [3.63, 3.8) is 0 Å². The van der Waals surface area contributed by atoms with Crippen LogP contribution >= 0.6 is 0 Å². The average Bonchev–Trinajstić information content (AvgIpc) is 2.46. The van der Waals surface area contributed by atoms with E-state index >= 15 is 0 Å². The molecule has 4 rings (SSSR count). The molecule has 0 atom stereocenters. The Balaban J connectivity index is 2.21. The molecule has 0 amide bonds. The van der Waals surface area contributed by atoms with Gasteiger partial charge >= 0.3 is 0 Å². The minimum atomic E-state index is 1.25. The molecule has 0 heterocycles. The fourth-order valence-electron chi connectivity index (χ4n) is 3.35. The molecule has 0 spiro atoms. The lowest BCUT2D eigenvalue weighted by molar-refractivity contribution is 0.690. The molecule has 0 saturated heterocycles. The summed E-state index contributed by atoms with van der Waals surface area (Å²) >= 11 is 0. The van der Waals surface area contributed by atoms with Gasteiger partial charge in [-0.2, -0.15) is 0 Å². The van der Waals surface area contributed by atoms with Crippen molar-refractivity contribution < 1.29 is 0 Å². The lowest BCUT2D eigenvalue weighted by atomic mass is 9.86. The molecule has 0 unspecified atom stereocenters. The molecule has 3 aromatic carbocycles. The molecule has 0 radical (unpaired) electrons. The van der Waals surface area contributed by atoms with E-state index in [9.17, 15) is 0 Å². The van der Waals surface area contributed by atoms with E-state index < -0.39 is 0 Å². The number of fused-ring (bicyclic) bond motifs is 5. The highest BCUT2D eigenvalue weighted by Gasteiger charge is 2.13. The largest absolute Gasteiger partial charge is 0.0616 e. The maximum Gasteiger partial charge on any atom is -0.00706 e. The summed E-state index contributed by atoms with van der Waals surface area (Å²) in [6.07, 6.45) is 5.20. The fraction of sp³-hybridized carbons (Fsp3) is 0.222. The van der Waals surface area contributed by atoms with Crippen LogP contribution in [-0.4, -0.2) is 0 Å². The number of aryl methyl sites for hydroxylation is 2. The molecule has 18 heavy (non-hydrogen) atoms. The Morgan fingerprint density at radius 1 is 0.667 bits per heavy atom. The molecule has 0 saturated carbocycles. The molecule has 0 bridgehead atoms. The molecular weight excluding hydrogens is 216 g/mol. The third-order valence-corrected chi connectivity index (χ3v) is 4.24. The van der Waals surface area contributed by atoms with E-state index in [0.29, 0.717) is 0 Å². The second-order valence-electron chi connectivity index (χ2n) is 5.30. The van der Waals surface area contributed by atoms with Crippen LogP contribution < -0.4 is 0 Å². The first-order chi connectivity index (χ1) is 8.93. The standard InChI is InChI=1S/C18H16/c1-3-7-16-13(5-1)9-11-15-12-10-14-6-2-4-8-17(14)18(15)16/h1,3,5,7,9-12H,2,4,6,8H2. The Morgan fingerprint density at radius 2 is 1.44 bits per heavy atom. The zero-order valence-corrected chi connectivity index (χ0v) is 10.4. The van der Waals surface area contributed by atoms with E-state index in [1.807, 2.05) is 0 Å². The van der Waals surface area contributed by atoms with E-state index in [2.05, 4.69) is 48.5 Å². The Morgan fingerprint density at radius 3 is 2.44 bits per heavy atom. The molecule has 3 aromatic rings. The Hall–Kier alpha value is -1.82. The number of benzene rings is 3. The summed E-state index contributed by atoms with van der Waals surface area (Å²) in [4.78, 5) is 0. The van der Waals surface area contributed by atoms with Gasteiger partial charge in [0.25, 0.3) is 0 Å². The van der Waals surface area contributed by atoms with Crippen LogP contribution in [0.2, 0.25) is 0 Å². The van der Waals surface area contributed by atoms with Crippen LogP contribution in [0.25, 0.3) is 21.5 Å². The molecule has 88 valence electrons. The highest BCUT2D eigenvalue weighted by atomic mass is 14.2. The van der Waals surface area contributed by atoms with Gasteiger partial charge in [0.1, 0.15) is 0 Å². The second-order valence-corrected chi connectivity index (χ2v) is 5.30. The molecule has 0 nitrogen and oxygen atoms in total. The van der Waals surface area contributed by atoms with Crippen LogP contribution in [-0.2, 0) is 12.8 Å². The topological polar surface area (TPSA) is 0 Å². The first kappa shape index (κ1) is 10.1. The summed E-state index contributed by atoms with van der Waals surface area (Å²) in [5.41, 5.74) is 3.18. The molecule has 0 aliphatic heterocycles. The minimum Gasteiger partial charge on any atom is -0.0616 e. The van der Waals surface area contributed by atoms with Crippen LogP contribution in [0.1, 0.15) is 24.0 Å². The van der Waals surface area contributed by atoms with Crippen LogP contribution in [0.3, 0.4) is 0 Å². The molecule has 0 aromatic heterocycles. The van der Waals surface area contributed by atoms with Gasteiger partial charge in [0.2, 0.25) is 0 Å². The molecular formula is C18H16. The highest BCUT2D eigenvalue weighted by Crippen LogP contribution is 2.33. The normalized spacial score (nSPS) is 14.9. The van der Waals surface area contributed by atoms with Gasteiger partial charge in [-0.3, -0.25) is 0 Å². The molecule has 0 heteroatoms. The Labute approximate surface area is 107 Å². The number of hydrogen-bond acceptors (Lipinski definition) is 0. The Kier molecular flexibility index (Phi) is 2.16. The SMILES string of the molecule is c1ccc2c(c1)ccc1ccc3c(c12)CCCC3. The molecule has 1 aliphatic carbocycles. The van der Waals surface area contributed by atoms with Crippen molar-refractivity contribution in [2.24, 2.45) is 0 Å². The van der Waals surface area contributed by atoms with E-state index in [1.54, 1.807) is 11.1 Å². The lowest BCUT2D eigenvalue weighted by Gasteiger charge is -2.19. The number of hydrogen-bond donors (Lipinski definition) is 0.